The van der Waals surface area contributed by atoms with E-state index in [4.69, 9.17) is 4.74 Å². The smallest absolute Gasteiger partial charge is 0.170 e. The van der Waals surface area contributed by atoms with Crippen molar-refractivity contribution < 1.29 is 9.53 Å². The molecule has 0 radical (unpaired) electrons. The van der Waals surface area contributed by atoms with E-state index >= 15 is 0 Å². The topological polar surface area (TPSA) is 46.8 Å². The second-order valence-electron chi connectivity index (χ2n) is 5.31. The third-order valence-electron chi connectivity index (χ3n) is 3.64. The zero-order chi connectivity index (χ0) is 13.9. The zero-order valence-corrected chi connectivity index (χ0v) is 11.7. The van der Waals surface area contributed by atoms with Crippen LogP contribution in [0.2, 0.25) is 0 Å². The largest absolute Gasteiger partial charge is 0.379 e. The molecule has 0 unspecified atom stereocenters. The number of imidazole rings is 1. The third-order valence-corrected chi connectivity index (χ3v) is 3.64. The van der Waals surface area contributed by atoms with Gasteiger partial charge in [-0.2, -0.15) is 0 Å². The van der Waals surface area contributed by atoms with Crippen LogP contribution in [0.4, 0.5) is 5.82 Å². The first kappa shape index (κ1) is 13.1. The molecule has 106 valence electrons. The van der Waals surface area contributed by atoms with Crippen LogP contribution in [-0.2, 0) is 4.74 Å². The van der Waals surface area contributed by atoms with Crippen LogP contribution in [0.1, 0.15) is 23.3 Å². The first-order valence-electron chi connectivity index (χ1n) is 7.00. The molecule has 0 spiro atoms. The molecule has 0 amide bonds. The molecule has 3 rings (SSSR count). The van der Waals surface area contributed by atoms with Crippen molar-refractivity contribution in [2.24, 2.45) is 5.92 Å². The summed E-state index contributed by atoms with van der Waals surface area (Å²) in [7, 11) is 1.94. The number of carbonyl (C=O) groups excluding carboxylic acids is 1. The molecular formula is C15H19N3O2. The standard InChI is InChI=1S/C15H19N3O2/c1-17(8-9-20-11-12-5-6-12)15-13(10-19)18-7-3-2-4-14(18)16-15/h2-4,7,10,12H,5-6,8-9,11H2,1H3. The molecule has 2 aromatic rings. The maximum absolute atomic E-state index is 11.3. The molecule has 0 N–H and O–H groups in total. The number of anilines is 1. The Balaban J connectivity index is 1.69. The Kier molecular flexibility index (Phi) is 3.69. The van der Waals surface area contributed by atoms with Gasteiger partial charge in [0.05, 0.1) is 6.61 Å². The highest BCUT2D eigenvalue weighted by atomic mass is 16.5. The number of hydrogen-bond donors (Lipinski definition) is 0. The lowest BCUT2D eigenvalue weighted by atomic mass is 10.4. The summed E-state index contributed by atoms with van der Waals surface area (Å²) in [5.41, 5.74) is 1.38. The average molecular weight is 273 g/mol. The second kappa shape index (κ2) is 5.63. The monoisotopic (exact) mass is 273 g/mol. The number of ether oxygens (including phenoxy) is 1. The van der Waals surface area contributed by atoms with E-state index in [1.165, 1.54) is 12.8 Å². The van der Waals surface area contributed by atoms with Gasteiger partial charge in [0, 0.05) is 26.4 Å². The highest BCUT2D eigenvalue weighted by molar-refractivity contribution is 5.83. The fraction of sp³-hybridized carbons (Fsp3) is 0.467. The maximum Gasteiger partial charge on any atom is 0.170 e. The first-order valence-corrected chi connectivity index (χ1v) is 7.00. The van der Waals surface area contributed by atoms with Gasteiger partial charge < -0.3 is 9.64 Å². The number of likely N-dealkylation sites (N-methyl/N-ethyl adjacent to an activating group) is 1. The minimum Gasteiger partial charge on any atom is -0.379 e. The fourth-order valence-corrected chi connectivity index (χ4v) is 2.23. The third kappa shape index (κ3) is 2.67. The van der Waals surface area contributed by atoms with Gasteiger partial charge in [-0.15, -0.1) is 0 Å². The number of nitrogens with zero attached hydrogens (tertiary/aromatic N) is 3. The van der Waals surface area contributed by atoms with Crippen molar-refractivity contribution in [2.75, 3.05) is 31.7 Å². The van der Waals surface area contributed by atoms with E-state index < -0.39 is 0 Å². The molecular weight excluding hydrogens is 254 g/mol. The molecule has 0 saturated heterocycles. The Bertz CT molecular complexity index is 604. The SMILES string of the molecule is CN(CCOCC1CC1)c1nc2ccccn2c1C=O. The summed E-state index contributed by atoms with van der Waals surface area (Å²) in [6.45, 7) is 2.26. The molecule has 0 bridgehead atoms. The van der Waals surface area contributed by atoms with Crippen molar-refractivity contribution in [1.82, 2.24) is 9.38 Å². The number of aldehydes is 1. The second-order valence-corrected chi connectivity index (χ2v) is 5.31. The highest BCUT2D eigenvalue weighted by Crippen LogP contribution is 2.28. The summed E-state index contributed by atoms with van der Waals surface area (Å²) in [6.07, 6.45) is 5.32. The quantitative estimate of drug-likeness (QED) is 0.572. The van der Waals surface area contributed by atoms with Gasteiger partial charge in [-0.05, 0) is 30.9 Å². The molecule has 5 nitrogen and oxygen atoms in total. The Hall–Kier alpha value is -1.88. The molecule has 20 heavy (non-hydrogen) atoms. The molecule has 0 atom stereocenters. The predicted molar refractivity (Wildman–Crippen MR) is 77.4 cm³/mol. The lowest BCUT2D eigenvalue weighted by molar-refractivity contribution is 0.111. The summed E-state index contributed by atoms with van der Waals surface area (Å²) >= 11 is 0. The van der Waals surface area contributed by atoms with Crippen LogP contribution in [0.15, 0.2) is 24.4 Å². The lowest BCUT2D eigenvalue weighted by Gasteiger charge is -2.16. The van der Waals surface area contributed by atoms with Crippen LogP contribution in [0.5, 0.6) is 0 Å². The summed E-state index contributed by atoms with van der Waals surface area (Å²) in [5, 5.41) is 0. The van der Waals surface area contributed by atoms with Crippen LogP contribution >= 0.6 is 0 Å². The van der Waals surface area contributed by atoms with Crippen molar-refractivity contribution in [2.45, 2.75) is 12.8 Å². The van der Waals surface area contributed by atoms with Crippen molar-refractivity contribution >= 4 is 17.8 Å². The van der Waals surface area contributed by atoms with E-state index in [0.29, 0.717) is 18.1 Å². The van der Waals surface area contributed by atoms with Crippen LogP contribution in [0.3, 0.4) is 0 Å². The number of hydrogen-bond acceptors (Lipinski definition) is 4. The van der Waals surface area contributed by atoms with E-state index in [1.54, 1.807) is 0 Å². The van der Waals surface area contributed by atoms with Gasteiger partial charge in [-0.3, -0.25) is 9.20 Å². The van der Waals surface area contributed by atoms with Gasteiger partial charge >= 0.3 is 0 Å². The predicted octanol–water partition coefficient (Wildman–Crippen LogP) is 2.01. The van der Waals surface area contributed by atoms with Crippen LogP contribution < -0.4 is 4.90 Å². The first-order chi connectivity index (χ1) is 9.79. The van der Waals surface area contributed by atoms with Gasteiger partial charge in [0.2, 0.25) is 0 Å². The fourth-order valence-electron chi connectivity index (χ4n) is 2.23. The number of fused-ring (bicyclic) bond motifs is 1. The summed E-state index contributed by atoms with van der Waals surface area (Å²) < 4.78 is 7.44. The average Bonchev–Trinajstić information content (AvgIpc) is 3.21. The Morgan fingerprint density at radius 1 is 1.50 bits per heavy atom. The molecule has 0 aromatic carbocycles. The molecule has 2 heterocycles. The van der Waals surface area contributed by atoms with E-state index in [9.17, 15) is 4.79 Å². The van der Waals surface area contributed by atoms with Gasteiger partial charge in [-0.1, -0.05) is 6.07 Å². The zero-order valence-electron chi connectivity index (χ0n) is 11.7. The molecule has 1 fully saturated rings. The van der Waals surface area contributed by atoms with Crippen LogP contribution in [0.25, 0.3) is 5.65 Å². The summed E-state index contributed by atoms with van der Waals surface area (Å²) in [6, 6.07) is 5.71. The van der Waals surface area contributed by atoms with E-state index in [2.05, 4.69) is 4.98 Å². The number of rotatable bonds is 7. The molecule has 1 aliphatic rings. The number of carbonyl (C=O) groups is 1. The van der Waals surface area contributed by atoms with Gasteiger partial charge in [-0.25, -0.2) is 4.98 Å². The molecule has 0 aliphatic heterocycles. The van der Waals surface area contributed by atoms with Gasteiger partial charge in [0.25, 0.3) is 0 Å². The molecule has 5 heteroatoms. The van der Waals surface area contributed by atoms with Crippen molar-refractivity contribution in [3.05, 3.63) is 30.1 Å². The Labute approximate surface area is 118 Å². The van der Waals surface area contributed by atoms with E-state index in [1.807, 2.05) is 40.7 Å². The molecule has 2 aromatic heterocycles. The van der Waals surface area contributed by atoms with Crippen molar-refractivity contribution in [1.29, 1.82) is 0 Å². The Morgan fingerprint density at radius 2 is 2.35 bits per heavy atom. The molecule has 1 saturated carbocycles. The lowest BCUT2D eigenvalue weighted by Crippen LogP contribution is -2.24. The summed E-state index contributed by atoms with van der Waals surface area (Å²) in [5.74, 6) is 1.49. The van der Waals surface area contributed by atoms with Gasteiger partial charge in [0.15, 0.2) is 12.1 Å². The number of pyridine rings is 1. The highest BCUT2D eigenvalue weighted by Gasteiger charge is 2.21. The van der Waals surface area contributed by atoms with Crippen LogP contribution in [0, 0.1) is 5.92 Å². The van der Waals surface area contributed by atoms with Crippen LogP contribution in [-0.4, -0.2) is 42.5 Å². The van der Waals surface area contributed by atoms with E-state index in [-0.39, 0.29) is 0 Å². The van der Waals surface area contributed by atoms with Crippen molar-refractivity contribution in [3.8, 4) is 0 Å². The van der Waals surface area contributed by atoms with Crippen molar-refractivity contribution in [3.63, 3.8) is 0 Å². The minimum absolute atomic E-state index is 0.588. The number of aromatic nitrogens is 2. The Morgan fingerprint density at radius 3 is 3.10 bits per heavy atom. The van der Waals surface area contributed by atoms with E-state index in [0.717, 1.165) is 31.0 Å². The normalized spacial score (nSPS) is 14.7. The molecule has 1 aliphatic carbocycles. The van der Waals surface area contributed by atoms with Gasteiger partial charge in [0.1, 0.15) is 11.3 Å². The minimum atomic E-state index is 0.588. The maximum atomic E-state index is 11.3. The summed E-state index contributed by atoms with van der Waals surface area (Å²) in [4.78, 5) is 17.8.